The van der Waals surface area contributed by atoms with E-state index in [0.29, 0.717) is 29.2 Å². The zero-order valence-electron chi connectivity index (χ0n) is 12.8. The van der Waals surface area contributed by atoms with E-state index < -0.39 is 11.9 Å². The summed E-state index contributed by atoms with van der Waals surface area (Å²) in [5, 5.41) is 17.8. The van der Waals surface area contributed by atoms with Crippen molar-refractivity contribution >= 4 is 23.7 Å². The van der Waals surface area contributed by atoms with Gasteiger partial charge in [-0.05, 0) is 37.0 Å². The summed E-state index contributed by atoms with van der Waals surface area (Å²) in [6.07, 6.45) is 1.62. The molecule has 0 saturated carbocycles. The van der Waals surface area contributed by atoms with Gasteiger partial charge < -0.3 is 14.9 Å². The molecule has 0 aromatic heterocycles. The zero-order chi connectivity index (χ0) is 16.7. The maximum Gasteiger partial charge on any atom is 0.342 e. The molecule has 0 spiro atoms. The van der Waals surface area contributed by atoms with Crippen molar-refractivity contribution in [3.05, 3.63) is 34.7 Å². The van der Waals surface area contributed by atoms with Crippen LogP contribution >= 0.6 is 11.8 Å². The Balaban J connectivity index is 2.89. The molecular weight excluding hydrogens is 304 g/mol. The third-order valence-corrected chi connectivity index (χ3v) is 3.98. The third kappa shape index (κ3) is 6.22. The number of carboxylic acid groups (broad SMARTS) is 2. The number of thioether (sulfide) groups is 1. The molecule has 0 aliphatic rings. The van der Waals surface area contributed by atoms with Gasteiger partial charge in [-0.2, -0.15) is 0 Å². The highest BCUT2D eigenvalue weighted by Gasteiger charge is 2.14. The summed E-state index contributed by atoms with van der Waals surface area (Å²) in [4.78, 5) is 22.2. The smallest absolute Gasteiger partial charge is 0.342 e. The van der Waals surface area contributed by atoms with Crippen LogP contribution in [0.1, 0.15) is 25.8 Å². The molecule has 0 radical (unpaired) electrons. The highest BCUT2D eigenvalue weighted by molar-refractivity contribution is 8.04. The molecule has 0 amide bonds. The summed E-state index contributed by atoms with van der Waals surface area (Å²) >= 11 is 0.906. The van der Waals surface area contributed by atoms with Gasteiger partial charge in [-0.25, -0.2) is 9.59 Å². The Kier molecular flexibility index (Phi) is 6.98. The van der Waals surface area contributed by atoms with Gasteiger partial charge in [0.15, 0.2) is 0 Å². The molecule has 0 fully saturated rings. The molecule has 22 heavy (non-hydrogen) atoms. The molecule has 0 bridgehead atoms. The van der Waals surface area contributed by atoms with Crippen LogP contribution in [0.15, 0.2) is 34.1 Å². The Morgan fingerprint density at radius 3 is 2.55 bits per heavy atom. The molecule has 0 aliphatic heterocycles. The highest BCUT2D eigenvalue weighted by atomic mass is 32.2. The maximum absolute atomic E-state index is 11.1. The largest absolute Gasteiger partial charge is 0.494 e. The minimum Gasteiger partial charge on any atom is -0.494 e. The van der Waals surface area contributed by atoms with Gasteiger partial charge in [-0.1, -0.05) is 31.7 Å². The minimum atomic E-state index is -1.29. The summed E-state index contributed by atoms with van der Waals surface area (Å²) in [6, 6.07) is 5.38. The number of benzene rings is 1. The lowest BCUT2D eigenvalue weighted by Gasteiger charge is -2.11. The Morgan fingerprint density at radius 1 is 1.32 bits per heavy atom. The van der Waals surface area contributed by atoms with Crippen LogP contribution in [0.3, 0.4) is 0 Å². The van der Waals surface area contributed by atoms with Gasteiger partial charge in [0, 0.05) is 11.0 Å². The van der Waals surface area contributed by atoms with Crippen molar-refractivity contribution in [3.63, 3.8) is 0 Å². The Hall–Kier alpha value is -1.95. The minimum absolute atomic E-state index is 0.241. The van der Waals surface area contributed by atoms with Gasteiger partial charge in [0.05, 0.1) is 6.61 Å². The average molecular weight is 324 g/mol. The van der Waals surface area contributed by atoms with Crippen LogP contribution < -0.4 is 4.74 Å². The number of hydrogen-bond donors (Lipinski definition) is 2. The lowest BCUT2D eigenvalue weighted by molar-refractivity contribution is -0.134. The molecule has 1 aromatic rings. The van der Waals surface area contributed by atoms with Crippen LogP contribution in [0.25, 0.3) is 0 Å². The van der Waals surface area contributed by atoms with Gasteiger partial charge in [0.2, 0.25) is 0 Å². The van der Waals surface area contributed by atoms with Gasteiger partial charge in [0.25, 0.3) is 0 Å². The summed E-state index contributed by atoms with van der Waals surface area (Å²) in [7, 11) is 0. The van der Waals surface area contributed by atoms with E-state index in [2.05, 4.69) is 13.8 Å². The molecule has 1 rings (SSSR count). The van der Waals surface area contributed by atoms with Crippen molar-refractivity contribution in [2.75, 3.05) is 6.61 Å². The molecule has 0 atom stereocenters. The lowest BCUT2D eigenvalue weighted by atomic mass is 10.1. The summed E-state index contributed by atoms with van der Waals surface area (Å²) < 4.78 is 5.64. The number of carboxylic acids is 2. The average Bonchev–Trinajstić information content (AvgIpc) is 2.40. The van der Waals surface area contributed by atoms with E-state index in [1.54, 1.807) is 6.07 Å². The number of aryl methyl sites for hydroxylation is 1. The summed E-state index contributed by atoms with van der Waals surface area (Å²) in [5.41, 5.74) is 0.860. The highest BCUT2D eigenvalue weighted by Crippen LogP contribution is 2.32. The van der Waals surface area contributed by atoms with Crippen molar-refractivity contribution in [1.82, 2.24) is 0 Å². The quantitative estimate of drug-likeness (QED) is 0.562. The van der Waals surface area contributed by atoms with Gasteiger partial charge in [-0.3, -0.25) is 0 Å². The van der Waals surface area contributed by atoms with Gasteiger partial charge in [-0.15, -0.1) is 0 Å². The molecule has 0 unspecified atom stereocenters. The fraction of sp³-hybridized carbons (Fsp3) is 0.375. The van der Waals surface area contributed by atoms with E-state index in [-0.39, 0.29) is 4.91 Å². The second kappa shape index (κ2) is 8.48. The molecule has 0 aliphatic carbocycles. The summed E-state index contributed by atoms with van der Waals surface area (Å²) in [5.74, 6) is -1.37. The first-order valence-corrected chi connectivity index (χ1v) is 7.70. The Labute approximate surface area is 134 Å². The number of rotatable bonds is 8. The normalized spacial score (nSPS) is 11.5. The van der Waals surface area contributed by atoms with Crippen LogP contribution in [0.2, 0.25) is 0 Å². The predicted molar refractivity (Wildman–Crippen MR) is 85.3 cm³/mol. The third-order valence-electron chi connectivity index (χ3n) is 2.81. The fourth-order valence-corrected chi connectivity index (χ4v) is 2.45. The predicted octanol–water partition coefficient (Wildman–Crippen LogP) is 3.57. The van der Waals surface area contributed by atoms with Crippen LogP contribution in [-0.2, 0) is 9.59 Å². The van der Waals surface area contributed by atoms with Crippen LogP contribution in [0.4, 0.5) is 0 Å². The monoisotopic (exact) mass is 324 g/mol. The Morgan fingerprint density at radius 2 is 2.00 bits per heavy atom. The van der Waals surface area contributed by atoms with E-state index in [0.717, 1.165) is 23.7 Å². The standard InChI is InChI=1S/C16H20O5S/c1-10(2)6-7-21-12-5-4-11(3)13(8-12)22-14(16(19)20)9-15(17)18/h4-5,8-10H,6-7H2,1-3H3,(H,17,18)(H,19,20). The second-order valence-corrected chi connectivity index (χ2v) is 6.30. The lowest BCUT2D eigenvalue weighted by Crippen LogP contribution is -2.03. The number of aliphatic carboxylic acids is 2. The van der Waals surface area contributed by atoms with E-state index in [9.17, 15) is 9.59 Å². The number of hydrogen-bond acceptors (Lipinski definition) is 4. The molecule has 120 valence electrons. The van der Waals surface area contributed by atoms with E-state index in [1.165, 1.54) is 0 Å². The van der Waals surface area contributed by atoms with Crippen molar-refractivity contribution in [2.45, 2.75) is 32.1 Å². The Bertz CT molecular complexity index is 578. The molecule has 1 aromatic carbocycles. The molecule has 2 N–H and O–H groups in total. The van der Waals surface area contributed by atoms with E-state index in [4.69, 9.17) is 14.9 Å². The maximum atomic E-state index is 11.1. The molecular formula is C16H20O5S. The van der Waals surface area contributed by atoms with Gasteiger partial charge in [0.1, 0.15) is 10.7 Å². The van der Waals surface area contributed by atoms with E-state index >= 15 is 0 Å². The fourth-order valence-electron chi connectivity index (χ4n) is 1.56. The van der Waals surface area contributed by atoms with Crippen molar-refractivity contribution in [2.24, 2.45) is 5.92 Å². The number of ether oxygens (including phenoxy) is 1. The van der Waals surface area contributed by atoms with Crippen molar-refractivity contribution < 1.29 is 24.5 Å². The van der Waals surface area contributed by atoms with Crippen LogP contribution in [-0.4, -0.2) is 28.8 Å². The van der Waals surface area contributed by atoms with Crippen molar-refractivity contribution in [1.29, 1.82) is 0 Å². The van der Waals surface area contributed by atoms with E-state index in [1.807, 2.05) is 19.1 Å². The molecule has 5 nitrogen and oxygen atoms in total. The van der Waals surface area contributed by atoms with Crippen molar-refractivity contribution in [3.8, 4) is 5.75 Å². The first kappa shape index (κ1) is 18.1. The SMILES string of the molecule is Cc1ccc(OCCC(C)C)cc1SC(=CC(=O)O)C(=O)O. The molecule has 6 heteroatoms. The van der Waals surface area contributed by atoms with Crippen LogP contribution in [0, 0.1) is 12.8 Å². The first-order chi connectivity index (χ1) is 10.3. The summed E-state index contributed by atoms with van der Waals surface area (Å²) in [6.45, 7) is 6.63. The topological polar surface area (TPSA) is 83.8 Å². The number of carbonyl (C=O) groups is 2. The molecule has 0 heterocycles. The molecule has 0 saturated heterocycles. The zero-order valence-corrected chi connectivity index (χ0v) is 13.6. The second-order valence-electron chi connectivity index (χ2n) is 5.21. The van der Waals surface area contributed by atoms with Gasteiger partial charge >= 0.3 is 11.9 Å². The van der Waals surface area contributed by atoms with Crippen LogP contribution in [0.5, 0.6) is 5.75 Å². The first-order valence-electron chi connectivity index (χ1n) is 6.88.